The Labute approximate surface area is 156 Å². The average molecular weight is 390 g/mol. The van der Waals surface area contributed by atoms with Crippen LogP contribution in [0.2, 0.25) is 0 Å². The van der Waals surface area contributed by atoms with E-state index in [1.165, 1.54) is 33.7 Å². The number of thioether (sulfide) groups is 1. The number of aromatic carboxylic acids is 1. The van der Waals surface area contributed by atoms with Crippen molar-refractivity contribution in [3.63, 3.8) is 0 Å². The third kappa shape index (κ3) is 2.80. The average Bonchev–Trinajstić information content (AvgIpc) is 2.99. The van der Waals surface area contributed by atoms with Crippen LogP contribution in [0.3, 0.4) is 0 Å². The molecule has 7 heteroatoms. The predicted octanol–water partition coefficient (Wildman–Crippen LogP) is 4.61. The number of fused-ring (bicyclic) bond motifs is 3. The van der Waals surface area contributed by atoms with Gasteiger partial charge >= 0.3 is 5.97 Å². The van der Waals surface area contributed by atoms with Gasteiger partial charge in [0.15, 0.2) is 0 Å². The quantitative estimate of drug-likeness (QED) is 0.650. The summed E-state index contributed by atoms with van der Waals surface area (Å²) >= 11 is 9.27. The molecule has 0 fully saturated rings. The number of carboxylic acid groups (broad SMARTS) is 1. The van der Waals surface area contributed by atoms with Crippen molar-refractivity contribution in [2.45, 2.75) is 16.1 Å². The highest BCUT2D eigenvalue weighted by Gasteiger charge is 2.28. The van der Waals surface area contributed by atoms with Gasteiger partial charge in [0.2, 0.25) is 0 Å². The van der Waals surface area contributed by atoms with Gasteiger partial charge in [-0.25, -0.2) is 4.79 Å². The Kier molecular flexibility index (Phi) is 4.19. The van der Waals surface area contributed by atoms with Crippen molar-refractivity contribution in [2.75, 3.05) is 0 Å². The monoisotopic (exact) mass is 389 g/mol. The van der Waals surface area contributed by atoms with Gasteiger partial charge in [-0.2, -0.15) is 0 Å². The minimum atomic E-state index is -1.06. The van der Waals surface area contributed by atoms with E-state index >= 15 is 0 Å². The molecule has 0 saturated carbocycles. The molecular weight excluding hydrogens is 378 g/mol. The number of carbonyl (C=O) groups is 1. The number of hydrogen-bond donors (Lipinski definition) is 1. The maximum Gasteiger partial charge on any atom is 0.337 e. The molecule has 1 aliphatic rings. The number of aromatic nitrogens is 1. The molecule has 0 bridgehead atoms. The van der Waals surface area contributed by atoms with Gasteiger partial charge in [0.05, 0.1) is 22.7 Å². The lowest BCUT2D eigenvalue weighted by molar-refractivity contribution is 0.0697. The number of halogens is 1. The van der Waals surface area contributed by atoms with Gasteiger partial charge in [0.25, 0.3) is 5.56 Å². The van der Waals surface area contributed by atoms with E-state index in [1.54, 1.807) is 12.1 Å². The van der Waals surface area contributed by atoms with Gasteiger partial charge in [-0.15, -0.1) is 34.7 Å². The predicted molar refractivity (Wildman–Crippen MR) is 102 cm³/mol. The summed E-state index contributed by atoms with van der Waals surface area (Å²) in [5, 5.41) is 11.7. The first-order valence-electron chi connectivity index (χ1n) is 7.51. The Balaban J connectivity index is 2.09. The molecule has 4 rings (SSSR count). The molecule has 126 valence electrons. The molecule has 1 aromatic carbocycles. The van der Waals surface area contributed by atoms with Crippen LogP contribution in [-0.2, 0) is 6.54 Å². The maximum atomic E-state index is 13.1. The normalized spacial score (nSPS) is 16.0. The minimum Gasteiger partial charge on any atom is -0.478 e. The highest BCUT2D eigenvalue weighted by atomic mass is 35.5. The zero-order chi connectivity index (χ0) is 17.6. The second kappa shape index (κ2) is 6.37. The first-order chi connectivity index (χ1) is 12.1. The molecule has 1 aliphatic heterocycles. The number of nitrogens with zero attached hydrogens (tertiary/aromatic N) is 1. The fourth-order valence-electron chi connectivity index (χ4n) is 2.95. The third-order valence-electron chi connectivity index (χ3n) is 4.03. The van der Waals surface area contributed by atoms with Crippen LogP contribution < -0.4 is 5.56 Å². The summed E-state index contributed by atoms with van der Waals surface area (Å²) in [7, 11) is 0. The third-order valence-corrected chi connectivity index (χ3v) is 6.48. The summed E-state index contributed by atoms with van der Waals surface area (Å²) in [5.41, 5.74) is 1.40. The van der Waals surface area contributed by atoms with E-state index in [9.17, 15) is 14.7 Å². The number of carboxylic acids is 1. The van der Waals surface area contributed by atoms with Crippen LogP contribution in [0.4, 0.5) is 0 Å². The van der Waals surface area contributed by atoms with Crippen LogP contribution in [0.1, 0.15) is 10.4 Å². The van der Waals surface area contributed by atoms with Gasteiger partial charge in [-0.05, 0) is 23.1 Å². The molecule has 3 heterocycles. The molecule has 0 spiro atoms. The lowest BCUT2D eigenvalue weighted by Gasteiger charge is -2.16. The summed E-state index contributed by atoms with van der Waals surface area (Å²) in [6.45, 7) is 0.253. The van der Waals surface area contributed by atoms with Gasteiger partial charge in [0, 0.05) is 10.5 Å². The van der Waals surface area contributed by atoms with Gasteiger partial charge < -0.3 is 9.67 Å². The van der Waals surface area contributed by atoms with E-state index < -0.39 is 5.97 Å². The molecule has 4 nitrogen and oxygen atoms in total. The molecule has 1 unspecified atom stereocenters. The van der Waals surface area contributed by atoms with E-state index in [1.807, 2.05) is 29.6 Å². The Bertz CT molecular complexity index is 1030. The summed E-state index contributed by atoms with van der Waals surface area (Å²) < 4.78 is 1.17. The van der Waals surface area contributed by atoms with E-state index in [0.717, 1.165) is 9.77 Å². The molecule has 0 saturated heterocycles. The van der Waals surface area contributed by atoms with Crippen LogP contribution in [-0.4, -0.2) is 20.4 Å². The van der Waals surface area contributed by atoms with Crippen molar-refractivity contribution < 1.29 is 9.90 Å². The van der Waals surface area contributed by atoms with Crippen molar-refractivity contribution in [2.24, 2.45) is 0 Å². The van der Waals surface area contributed by atoms with Crippen molar-refractivity contribution in [1.82, 2.24) is 4.57 Å². The Morgan fingerprint density at radius 3 is 2.72 bits per heavy atom. The number of hydrogen-bond acceptors (Lipinski definition) is 4. The van der Waals surface area contributed by atoms with Crippen molar-refractivity contribution in [1.29, 1.82) is 0 Å². The molecule has 0 amide bonds. The number of alkyl halides is 1. The second-order valence-electron chi connectivity index (χ2n) is 5.55. The van der Waals surface area contributed by atoms with Crippen molar-refractivity contribution in [3.05, 3.63) is 63.8 Å². The molecule has 3 aromatic rings. The number of rotatable bonds is 2. The van der Waals surface area contributed by atoms with Crippen LogP contribution in [0.15, 0.2) is 57.5 Å². The Morgan fingerprint density at radius 2 is 2.00 bits per heavy atom. The SMILES string of the molecule is O=C(O)c1cc(-c2ccccc2)c(=O)n2c1-c1sccc1SC(Cl)C2. The summed E-state index contributed by atoms with van der Waals surface area (Å²) in [4.78, 5) is 26.8. The maximum absolute atomic E-state index is 13.1. The standard InChI is InChI=1S/C18H12ClNO3S2/c19-14-9-20-15(16-13(25-14)6-7-24-16)12(18(22)23)8-11(17(20)21)10-4-2-1-3-5-10/h1-8,14H,9H2,(H,22,23). The van der Waals surface area contributed by atoms with E-state index in [4.69, 9.17) is 11.6 Å². The van der Waals surface area contributed by atoms with Crippen LogP contribution in [0.5, 0.6) is 0 Å². The zero-order valence-electron chi connectivity index (χ0n) is 12.8. The smallest absolute Gasteiger partial charge is 0.337 e. The van der Waals surface area contributed by atoms with Crippen LogP contribution in [0.25, 0.3) is 21.7 Å². The first kappa shape index (κ1) is 16.4. The van der Waals surface area contributed by atoms with Gasteiger partial charge in [0.1, 0.15) is 4.71 Å². The second-order valence-corrected chi connectivity index (χ2v) is 8.50. The van der Waals surface area contributed by atoms with Crippen molar-refractivity contribution >= 4 is 40.7 Å². The fourth-order valence-corrected chi connectivity index (χ4v) is 5.46. The molecule has 0 aliphatic carbocycles. The van der Waals surface area contributed by atoms with E-state index in [-0.39, 0.29) is 22.4 Å². The van der Waals surface area contributed by atoms with E-state index in [0.29, 0.717) is 16.8 Å². The zero-order valence-corrected chi connectivity index (χ0v) is 15.2. The fraction of sp³-hybridized carbons (Fsp3) is 0.111. The Morgan fingerprint density at radius 1 is 1.24 bits per heavy atom. The molecule has 25 heavy (non-hydrogen) atoms. The molecule has 2 aromatic heterocycles. The summed E-state index contributed by atoms with van der Waals surface area (Å²) in [6.07, 6.45) is 0. The lowest BCUT2D eigenvalue weighted by atomic mass is 10.0. The van der Waals surface area contributed by atoms with Gasteiger partial charge in [-0.1, -0.05) is 30.3 Å². The number of pyridine rings is 1. The molecule has 1 N–H and O–H groups in total. The molecular formula is C18H12ClNO3S2. The lowest BCUT2D eigenvalue weighted by Crippen LogP contribution is -2.27. The molecule has 0 radical (unpaired) electrons. The summed E-state index contributed by atoms with van der Waals surface area (Å²) in [5.74, 6) is -1.06. The largest absolute Gasteiger partial charge is 0.478 e. The topological polar surface area (TPSA) is 59.3 Å². The highest BCUT2D eigenvalue weighted by molar-refractivity contribution is 8.01. The van der Waals surface area contributed by atoms with Gasteiger partial charge in [-0.3, -0.25) is 4.79 Å². The first-order valence-corrected chi connectivity index (χ1v) is 9.71. The minimum absolute atomic E-state index is 0.119. The number of benzene rings is 1. The van der Waals surface area contributed by atoms with E-state index in [2.05, 4.69) is 0 Å². The number of thiophene rings is 1. The Hall–Kier alpha value is -2.02. The highest BCUT2D eigenvalue weighted by Crippen LogP contribution is 2.43. The van der Waals surface area contributed by atoms with Crippen molar-refractivity contribution in [3.8, 4) is 21.7 Å². The summed E-state index contributed by atoms with van der Waals surface area (Å²) in [6, 6.07) is 12.5. The molecule has 1 atom stereocenters. The van der Waals surface area contributed by atoms with Crippen LogP contribution in [0, 0.1) is 0 Å². The van der Waals surface area contributed by atoms with Crippen LogP contribution >= 0.6 is 34.7 Å².